The van der Waals surface area contributed by atoms with Crippen LogP contribution in [0.5, 0.6) is 0 Å². The molecule has 0 aliphatic carbocycles. The third-order valence-electron chi connectivity index (χ3n) is 3.27. The summed E-state index contributed by atoms with van der Waals surface area (Å²) in [6.07, 6.45) is -2.21. The van der Waals surface area contributed by atoms with E-state index in [1.165, 1.54) is 31.2 Å². The molecule has 9 nitrogen and oxygen atoms in total. The summed E-state index contributed by atoms with van der Waals surface area (Å²) in [6, 6.07) is 9.11. The standard InChI is InChI=1S/C15H11N3O6/c1-9(7-16)24-13(21)15(10-5-3-2-4-6-10)17-8-11(12(19)20)18(15)14(22)23/h2-6,8-9H,1H3,(H-,19,20,22,23). The molecule has 1 heterocycles. The second kappa shape index (κ2) is 6.29. The monoisotopic (exact) mass is 329 g/mol. The third kappa shape index (κ3) is 2.61. The van der Waals surface area contributed by atoms with Crippen LogP contribution in [0.15, 0.2) is 35.3 Å². The Balaban J connectivity index is 2.73. The average molecular weight is 329 g/mol. The molecular formula is C15H11N3O6. The van der Waals surface area contributed by atoms with Gasteiger partial charge in [-0.3, -0.25) is 0 Å². The van der Waals surface area contributed by atoms with Crippen LogP contribution in [0.4, 0.5) is 4.79 Å². The highest BCUT2D eigenvalue weighted by Gasteiger charge is 2.61. The lowest BCUT2D eigenvalue weighted by molar-refractivity contribution is -0.522. The van der Waals surface area contributed by atoms with Gasteiger partial charge in [0, 0.05) is 0 Å². The molecule has 2 unspecified atom stereocenters. The van der Waals surface area contributed by atoms with E-state index in [9.17, 15) is 24.6 Å². The number of carbonyl (C=O) groups is 3. The van der Waals surface area contributed by atoms with Crippen molar-refractivity contribution in [2.75, 3.05) is 0 Å². The minimum atomic E-state index is -2.30. The average Bonchev–Trinajstić information content (AvgIpc) is 2.97. The van der Waals surface area contributed by atoms with Crippen molar-refractivity contribution in [3.05, 3.63) is 35.9 Å². The van der Waals surface area contributed by atoms with E-state index in [2.05, 4.69) is 4.99 Å². The Bertz CT molecular complexity index is 808. The van der Waals surface area contributed by atoms with E-state index < -0.39 is 35.5 Å². The van der Waals surface area contributed by atoms with Crippen molar-refractivity contribution in [3.8, 4) is 6.07 Å². The number of esters is 1. The molecule has 1 aliphatic rings. The van der Waals surface area contributed by atoms with Gasteiger partial charge < -0.3 is 19.7 Å². The number of amides is 1. The molecular weight excluding hydrogens is 318 g/mol. The maximum absolute atomic E-state index is 12.6. The highest BCUT2D eigenvalue weighted by Crippen LogP contribution is 2.32. The van der Waals surface area contributed by atoms with Crippen molar-refractivity contribution >= 4 is 30.0 Å². The minimum absolute atomic E-state index is 0.0649. The van der Waals surface area contributed by atoms with Crippen LogP contribution in [0, 0.1) is 11.3 Å². The third-order valence-corrected chi connectivity index (χ3v) is 3.27. The van der Waals surface area contributed by atoms with Gasteiger partial charge in [0.15, 0.2) is 6.10 Å². The molecule has 0 spiro atoms. The number of nitrogens with zero attached hydrogens (tertiary/aromatic N) is 3. The summed E-state index contributed by atoms with van der Waals surface area (Å²) >= 11 is 0. The van der Waals surface area contributed by atoms with Gasteiger partial charge in [0.2, 0.25) is 0 Å². The smallest absolute Gasteiger partial charge is 0.539 e. The summed E-state index contributed by atoms with van der Waals surface area (Å²) < 4.78 is 5.16. The van der Waals surface area contributed by atoms with Crippen LogP contribution in [-0.4, -0.2) is 45.7 Å². The lowest BCUT2D eigenvalue weighted by atomic mass is 9.99. The molecule has 9 heteroatoms. The van der Waals surface area contributed by atoms with Gasteiger partial charge in [-0.1, -0.05) is 22.8 Å². The number of carboxylic acid groups (broad SMARTS) is 2. The first-order chi connectivity index (χ1) is 11.3. The number of hydrogen-bond donors (Lipinski definition) is 1. The summed E-state index contributed by atoms with van der Waals surface area (Å²) in [7, 11) is 0. The lowest BCUT2D eigenvalue weighted by Gasteiger charge is -2.21. The number of aliphatic carboxylic acids is 1. The van der Waals surface area contributed by atoms with Gasteiger partial charge in [-0.2, -0.15) is 10.1 Å². The molecule has 0 saturated heterocycles. The number of benzene rings is 1. The summed E-state index contributed by atoms with van der Waals surface area (Å²) in [4.78, 5) is 39.2. The van der Waals surface area contributed by atoms with Crippen LogP contribution in [0.25, 0.3) is 0 Å². The van der Waals surface area contributed by atoms with Crippen molar-refractivity contribution in [1.29, 1.82) is 5.26 Å². The number of ether oxygens (including phenoxy) is 1. The van der Waals surface area contributed by atoms with Crippen LogP contribution >= 0.6 is 0 Å². The fourth-order valence-electron chi connectivity index (χ4n) is 2.23. The number of aliphatic imine (C=N–C) groups is 1. The molecule has 2 atom stereocenters. The van der Waals surface area contributed by atoms with E-state index in [4.69, 9.17) is 10.00 Å². The second-order valence-corrected chi connectivity index (χ2v) is 4.76. The quantitative estimate of drug-likeness (QED) is 0.566. The van der Waals surface area contributed by atoms with Gasteiger partial charge in [0.25, 0.3) is 5.71 Å². The Morgan fingerprint density at radius 3 is 2.50 bits per heavy atom. The lowest BCUT2D eigenvalue weighted by Crippen LogP contribution is -2.51. The number of rotatable bonds is 4. The largest absolute Gasteiger partial charge is 0.597 e. The zero-order valence-electron chi connectivity index (χ0n) is 12.4. The van der Waals surface area contributed by atoms with Crippen molar-refractivity contribution in [1.82, 2.24) is 0 Å². The normalized spacial score (nSPS) is 20.3. The molecule has 0 aromatic heterocycles. The molecule has 0 bridgehead atoms. The molecule has 122 valence electrons. The van der Waals surface area contributed by atoms with Gasteiger partial charge in [-0.15, -0.1) is 0 Å². The Morgan fingerprint density at radius 2 is 2.00 bits per heavy atom. The first kappa shape index (κ1) is 16.8. The highest BCUT2D eigenvalue weighted by atomic mass is 16.5. The van der Waals surface area contributed by atoms with Crippen molar-refractivity contribution < 1.29 is 33.9 Å². The fraction of sp³-hybridized carbons (Fsp3) is 0.200. The molecule has 0 radical (unpaired) electrons. The van der Waals surface area contributed by atoms with Crippen LogP contribution < -0.4 is 5.11 Å². The number of nitriles is 1. The van der Waals surface area contributed by atoms with Gasteiger partial charge in [-0.05, 0) is 19.1 Å². The van der Waals surface area contributed by atoms with Gasteiger partial charge in [0.05, 0.1) is 5.56 Å². The van der Waals surface area contributed by atoms with Crippen molar-refractivity contribution in [2.45, 2.75) is 18.7 Å². The summed E-state index contributed by atoms with van der Waals surface area (Å²) in [5, 5.41) is 29.4. The zero-order chi connectivity index (χ0) is 17.9. The van der Waals surface area contributed by atoms with Crippen molar-refractivity contribution in [2.24, 2.45) is 4.99 Å². The Labute approximate surface area is 135 Å². The molecule has 1 aromatic rings. The van der Waals surface area contributed by atoms with Gasteiger partial charge >= 0.3 is 17.7 Å². The van der Waals surface area contributed by atoms with Crippen molar-refractivity contribution in [3.63, 3.8) is 0 Å². The van der Waals surface area contributed by atoms with E-state index >= 15 is 0 Å². The van der Waals surface area contributed by atoms with E-state index in [-0.39, 0.29) is 10.1 Å². The van der Waals surface area contributed by atoms with Crippen LogP contribution in [0.2, 0.25) is 0 Å². The molecule has 1 aromatic carbocycles. The first-order valence-corrected chi connectivity index (χ1v) is 6.67. The molecule has 1 N–H and O–H groups in total. The van der Waals surface area contributed by atoms with E-state index in [1.54, 1.807) is 12.1 Å². The molecule has 0 fully saturated rings. The minimum Gasteiger partial charge on any atom is -0.539 e. The molecule has 2 rings (SSSR count). The number of hydrogen-bond acceptors (Lipinski definition) is 7. The highest BCUT2D eigenvalue weighted by molar-refractivity contribution is 6.57. The molecule has 24 heavy (non-hydrogen) atoms. The molecule has 0 saturated carbocycles. The predicted molar refractivity (Wildman–Crippen MR) is 76.1 cm³/mol. The first-order valence-electron chi connectivity index (χ1n) is 6.67. The second-order valence-electron chi connectivity index (χ2n) is 4.76. The molecule has 1 aliphatic heterocycles. The van der Waals surface area contributed by atoms with Gasteiger partial charge in [-0.25, -0.2) is 9.79 Å². The Kier molecular flexibility index (Phi) is 4.41. The van der Waals surface area contributed by atoms with E-state index in [1.807, 2.05) is 0 Å². The summed E-state index contributed by atoms with van der Waals surface area (Å²) in [5.41, 5.74) is -3.05. The van der Waals surface area contributed by atoms with Crippen LogP contribution in [0.1, 0.15) is 12.5 Å². The number of carboxylic acids is 1. The topological polar surface area (TPSA) is 143 Å². The fourth-order valence-corrected chi connectivity index (χ4v) is 2.23. The van der Waals surface area contributed by atoms with Gasteiger partial charge in [0.1, 0.15) is 18.3 Å². The Morgan fingerprint density at radius 1 is 1.38 bits per heavy atom. The maximum Gasteiger partial charge on any atom is 0.597 e. The van der Waals surface area contributed by atoms with E-state index in [0.29, 0.717) is 0 Å². The van der Waals surface area contributed by atoms with Crippen LogP contribution in [-0.2, 0) is 20.0 Å². The Hall–Kier alpha value is -3.54. The van der Waals surface area contributed by atoms with E-state index in [0.717, 1.165) is 6.21 Å². The molecule has 1 amide bonds. The number of carbonyl (C=O) groups excluding carboxylic acids is 2. The maximum atomic E-state index is 12.6. The predicted octanol–water partition coefficient (Wildman–Crippen LogP) is -0.740. The zero-order valence-corrected chi connectivity index (χ0v) is 12.4. The SMILES string of the molecule is CC(C#N)OC(=O)C1(c2ccccc2)N=CC(C(=O)[O-])=[N+]1C(=O)O. The summed E-state index contributed by atoms with van der Waals surface area (Å²) in [5.74, 6) is -3.02. The summed E-state index contributed by atoms with van der Waals surface area (Å²) in [6.45, 7) is 1.28. The van der Waals surface area contributed by atoms with Crippen LogP contribution in [0.3, 0.4) is 0 Å².